The Hall–Kier alpha value is -0.0800. The number of fused-ring (bicyclic) bond motifs is 2. The van der Waals surface area contributed by atoms with E-state index in [0.717, 1.165) is 24.3 Å². The van der Waals surface area contributed by atoms with E-state index in [0.29, 0.717) is 5.54 Å². The largest absolute Gasteiger partial charge is 0.329 e. The molecule has 0 aromatic rings. The fraction of sp³-hybridized carbons (Fsp3) is 1.00. The van der Waals surface area contributed by atoms with E-state index in [-0.39, 0.29) is 0 Å². The molecular formula is C13H24N2. The van der Waals surface area contributed by atoms with Gasteiger partial charge in [0.15, 0.2) is 0 Å². The zero-order chi connectivity index (χ0) is 10.5. The van der Waals surface area contributed by atoms with Crippen molar-refractivity contribution < 1.29 is 0 Å². The standard InChI is InChI=1S/C13H24N2/c1-10-4-5-15(8-10)13(9-14)7-11-2-3-12(13)6-11/h10-12H,2-9,14H2,1H3. The lowest BCUT2D eigenvalue weighted by molar-refractivity contribution is 0.0609. The first kappa shape index (κ1) is 10.1. The summed E-state index contributed by atoms with van der Waals surface area (Å²) in [7, 11) is 0. The predicted octanol–water partition coefficient (Wildman–Crippen LogP) is 1.85. The van der Waals surface area contributed by atoms with E-state index >= 15 is 0 Å². The van der Waals surface area contributed by atoms with E-state index in [1.807, 2.05) is 0 Å². The van der Waals surface area contributed by atoms with E-state index in [1.54, 1.807) is 0 Å². The van der Waals surface area contributed by atoms with Crippen molar-refractivity contribution in [1.29, 1.82) is 0 Å². The van der Waals surface area contributed by atoms with E-state index in [2.05, 4.69) is 11.8 Å². The lowest BCUT2D eigenvalue weighted by atomic mass is 9.79. The van der Waals surface area contributed by atoms with Gasteiger partial charge in [-0.25, -0.2) is 0 Å². The van der Waals surface area contributed by atoms with E-state index < -0.39 is 0 Å². The Morgan fingerprint density at radius 1 is 1.33 bits per heavy atom. The summed E-state index contributed by atoms with van der Waals surface area (Å²) < 4.78 is 0. The SMILES string of the molecule is CC1CCN(C2(CN)CC3CCC2C3)C1. The lowest BCUT2D eigenvalue weighted by Crippen LogP contribution is -2.56. The van der Waals surface area contributed by atoms with Crippen molar-refractivity contribution in [1.82, 2.24) is 4.90 Å². The van der Waals surface area contributed by atoms with E-state index in [1.165, 1.54) is 45.2 Å². The van der Waals surface area contributed by atoms with Crippen LogP contribution < -0.4 is 5.73 Å². The van der Waals surface area contributed by atoms with Gasteiger partial charge in [0, 0.05) is 18.6 Å². The number of rotatable bonds is 2. The number of likely N-dealkylation sites (tertiary alicyclic amines) is 1. The molecule has 0 radical (unpaired) electrons. The van der Waals surface area contributed by atoms with Crippen LogP contribution in [0.25, 0.3) is 0 Å². The normalized spacial score (nSPS) is 50.4. The summed E-state index contributed by atoms with van der Waals surface area (Å²) in [4.78, 5) is 2.75. The molecule has 1 aliphatic heterocycles. The van der Waals surface area contributed by atoms with Crippen LogP contribution in [0.5, 0.6) is 0 Å². The van der Waals surface area contributed by atoms with Crippen LogP contribution in [-0.4, -0.2) is 30.1 Å². The maximum Gasteiger partial charge on any atom is 0.0362 e. The molecule has 0 aromatic carbocycles. The van der Waals surface area contributed by atoms with Crippen molar-refractivity contribution in [3.8, 4) is 0 Å². The quantitative estimate of drug-likeness (QED) is 0.750. The predicted molar refractivity (Wildman–Crippen MR) is 62.6 cm³/mol. The third-order valence-corrected chi connectivity index (χ3v) is 5.35. The Balaban J connectivity index is 1.81. The Labute approximate surface area is 93.2 Å². The molecule has 1 saturated heterocycles. The molecule has 4 atom stereocenters. The van der Waals surface area contributed by atoms with Crippen LogP contribution in [0.2, 0.25) is 0 Å². The number of hydrogen-bond donors (Lipinski definition) is 1. The first-order valence-electron chi connectivity index (χ1n) is 6.70. The Kier molecular flexibility index (Phi) is 2.33. The summed E-state index contributed by atoms with van der Waals surface area (Å²) in [6.07, 6.45) is 7.20. The van der Waals surface area contributed by atoms with Crippen molar-refractivity contribution in [3.63, 3.8) is 0 Å². The number of hydrogen-bond acceptors (Lipinski definition) is 2. The van der Waals surface area contributed by atoms with Gasteiger partial charge in [0.25, 0.3) is 0 Å². The highest BCUT2D eigenvalue weighted by Crippen LogP contribution is 2.53. The van der Waals surface area contributed by atoms with Crippen LogP contribution in [0, 0.1) is 17.8 Å². The Bertz CT molecular complexity index is 253. The molecular weight excluding hydrogens is 184 g/mol. The fourth-order valence-corrected chi connectivity index (χ4v) is 4.52. The van der Waals surface area contributed by atoms with Crippen LogP contribution in [0.4, 0.5) is 0 Å². The second-order valence-electron chi connectivity index (χ2n) is 6.23. The summed E-state index contributed by atoms with van der Waals surface area (Å²) >= 11 is 0. The van der Waals surface area contributed by atoms with E-state index in [9.17, 15) is 0 Å². The molecule has 1 heterocycles. The van der Waals surface area contributed by atoms with Gasteiger partial charge in [-0.1, -0.05) is 13.3 Å². The van der Waals surface area contributed by atoms with Gasteiger partial charge < -0.3 is 5.73 Å². The van der Waals surface area contributed by atoms with Gasteiger partial charge in [0.2, 0.25) is 0 Å². The summed E-state index contributed by atoms with van der Waals surface area (Å²) in [5, 5.41) is 0. The van der Waals surface area contributed by atoms with Crippen molar-refractivity contribution in [3.05, 3.63) is 0 Å². The molecule has 2 nitrogen and oxygen atoms in total. The Morgan fingerprint density at radius 2 is 2.20 bits per heavy atom. The molecule has 2 saturated carbocycles. The molecule has 0 amide bonds. The minimum absolute atomic E-state index is 0.424. The van der Waals surface area contributed by atoms with Crippen molar-refractivity contribution >= 4 is 0 Å². The van der Waals surface area contributed by atoms with E-state index in [4.69, 9.17) is 5.73 Å². The van der Waals surface area contributed by atoms with Gasteiger partial charge in [-0.3, -0.25) is 4.90 Å². The summed E-state index contributed by atoms with van der Waals surface area (Å²) in [6.45, 7) is 5.90. The molecule has 86 valence electrons. The molecule has 3 fully saturated rings. The highest BCUT2D eigenvalue weighted by molar-refractivity contribution is 5.09. The molecule has 15 heavy (non-hydrogen) atoms. The van der Waals surface area contributed by atoms with Crippen molar-refractivity contribution in [2.75, 3.05) is 19.6 Å². The van der Waals surface area contributed by atoms with Crippen LogP contribution >= 0.6 is 0 Å². The summed E-state index contributed by atoms with van der Waals surface area (Å²) in [5.41, 5.74) is 6.56. The number of nitrogens with two attached hydrogens (primary N) is 1. The van der Waals surface area contributed by atoms with Crippen LogP contribution in [-0.2, 0) is 0 Å². The van der Waals surface area contributed by atoms with Gasteiger partial charge in [0.1, 0.15) is 0 Å². The average Bonchev–Trinajstić information content (AvgIpc) is 2.91. The minimum atomic E-state index is 0.424. The monoisotopic (exact) mass is 208 g/mol. The van der Waals surface area contributed by atoms with Crippen molar-refractivity contribution in [2.45, 2.75) is 44.6 Å². The zero-order valence-electron chi connectivity index (χ0n) is 9.91. The Morgan fingerprint density at radius 3 is 2.67 bits per heavy atom. The van der Waals surface area contributed by atoms with Crippen molar-refractivity contribution in [2.24, 2.45) is 23.5 Å². The van der Waals surface area contributed by atoms with Gasteiger partial charge in [0.05, 0.1) is 0 Å². The highest BCUT2D eigenvalue weighted by atomic mass is 15.2. The lowest BCUT2D eigenvalue weighted by Gasteiger charge is -2.44. The third-order valence-electron chi connectivity index (χ3n) is 5.35. The van der Waals surface area contributed by atoms with Gasteiger partial charge in [-0.2, -0.15) is 0 Å². The van der Waals surface area contributed by atoms with Gasteiger partial charge >= 0.3 is 0 Å². The molecule has 3 aliphatic rings. The highest BCUT2D eigenvalue weighted by Gasteiger charge is 2.53. The van der Waals surface area contributed by atoms with Crippen LogP contribution in [0.3, 0.4) is 0 Å². The van der Waals surface area contributed by atoms with Gasteiger partial charge in [-0.15, -0.1) is 0 Å². The molecule has 2 bridgehead atoms. The molecule has 4 unspecified atom stereocenters. The van der Waals surface area contributed by atoms with Gasteiger partial charge in [-0.05, 0) is 50.0 Å². The third kappa shape index (κ3) is 1.38. The fourth-order valence-electron chi connectivity index (χ4n) is 4.52. The molecule has 2 N–H and O–H groups in total. The maximum absolute atomic E-state index is 6.14. The smallest absolute Gasteiger partial charge is 0.0362 e. The van der Waals surface area contributed by atoms with Crippen LogP contribution in [0.15, 0.2) is 0 Å². The zero-order valence-corrected chi connectivity index (χ0v) is 9.91. The molecule has 2 heteroatoms. The molecule has 2 aliphatic carbocycles. The molecule has 0 spiro atoms. The maximum atomic E-state index is 6.14. The second-order valence-corrected chi connectivity index (χ2v) is 6.23. The minimum Gasteiger partial charge on any atom is -0.329 e. The topological polar surface area (TPSA) is 29.3 Å². The average molecular weight is 208 g/mol. The first-order valence-corrected chi connectivity index (χ1v) is 6.70. The number of nitrogens with zero attached hydrogens (tertiary/aromatic N) is 1. The summed E-state index contributed by atoms with van der Waals surface area (Å²) in [6, 6.07) is 0. The second kappa shape index (κ2) is 3.46. The van der Waals surface area contributed by atoms with Crippen LogP contribution in [0.1, 0.15) is 39.0 Å². The first-order chi connectivity index (χ1) is 7.24. The summed E-state index contributed by atoms with van der Waals surface area (Å²) in [5.74, 6) is 2.83. The molecule has 0 aromatic heterocycles. The molecule has 3 rings (SSSR count).